The molecule has 0 unspecified atom stereocenters. The molecule has 1 N–H and O–H groups in total. The van der Waals surface area contributed by atoms with E-state index in [4.69, 9.17) is 9.84 Å². The summed E-state index contributed by atoms with van der Waals surface area (Å²) in [7, 11) is 0. The summed E-state index contributed by atoms with van der Waals surface area (Å²) in [5, 5.41) is 8.57. The SMILES string of the molecule is CC(C)(C)COCCCCCCCO. The molecule has 0 aromatic carbocycles. The van der Waals surface area contributed by atoms with Crippen LogP contribution in [0.5, 0.6) is 0 Å². The fraction of sp³-hybridized carbons (Fsp3) is 1.00. The van der Waals surface area contributed by atoms with Crippen molar-refractivity contribution in [2.24, 2.45) is 5.41 Å². The summed E-state index contributed by atoms with van der Waals surface area (Å²) in [5.41, 5.74) is 0.289. The Morgan fingerprint density at radius 1 is 0.929 bits per heavy atom. The van der Waals surface area contributed by atoms with E-state index in [-0.39, 0.29) is 5.41 Å². The molecule has 0 aromatic rings. The van der Waals surface area contributed by atoms with E-state index in [2.05, 4.69) is 20.8 Å². The van der Waals surface area contributed by atoms with E-state index < -0.39 is 0 Å². The number of hydrogen-bond acceptors (Lipinski definition) is 2. The molecule has 2 nitrogen and oxygen atoms in total. The molecule has 0 aliphatic heterocycles. The van der Waals surface area contributed by atoms with E-state index in [1.54, 1.807) is 0 Å². The van der Waals surface area contributed by atoms with Gasteiger partial charge in [-0.3, -0.25) is 0 Å². The van der Waals surface area contributed by atoms with Crippen molar-refractivity contribution in [2.75, 3.05) is 19.8 Å². The molecular formula is C12H26O2. The fourth-order valence-corrected chi connectivity index (χ4v) is 1.22. The Bertz CT molecular complexity index is 116. The second-order valence-electron chi connectivity index (χ2n) is 5.10. The van der Waals surface area contributed by atoms with Crippen molar-refractivity contribution in [3.63, 3.8) is 0 Å². The minimum atomic E-state index is 0.289. The maximum atomic E-state index is 8.57. The molecule has 0 amide bonds. The van der Waals surface area contributed by atoms with Crippen LogP contribution in [-0.2, 0) is 4.74 Å². The zero-order chi connectivity index (χ0) is 10.9. The standard InChI is InChI=1S/C12H26O2/c1-12(2,3)11-14-10-8-6-4-5-7-9-13/h13H,4-11H2,1-3H3. The van der Waals surface area contributed by atoms with Crippen LogP contribution in [0.15, 0.2) is 0 Å². The Morgan fingerprint density at radius 3 is 2.07 bits per heavy atom. The lowest BCUT2D eigenvalue weighted by molar-refractivity contribution is 0.0685. The summed E-state index contributed by atoms with van der Waals surface area (Å²) >= 11 is 0. The number of hydrogen-bond donors (Lipinski definition) is 1. The average molecular weight is 202 g/mol. The highest BCUT2D eigenvalue weighted by Crippen LogP contribution is 2.13. The minimum Gasteiger partial charge on any atom is -0.396 e. The second-order valence-corrected chi connectivity index (χ2v) is 5.10. The van der Waals surface area contributed by atoms with Crippen molar-refractivity contribution in [1.82, 2.24) is 0 Å². The molecule has 2 heteroatoms. The highest BCUT2D eigenvalue weighted by atomic mass is 16.5. The summed E-state index contributed by atoms with van der Waals surface area (Å²) in [4.78, 5) is 0. The van der Waals surface area contributed by atoms with Crippen molar-refractivity contribution in [3.8, 4) is 0 Å². The highest BCUT2D eigenvalue weighted by Gasteiger charge is 2.09. The molecule has 0 aliphatic rings. The van der Waals surface area contributed by atoms with Crippen LogP contribution in [-0.4, -0.2) is 24.9 Å². The van der Waals surface area contributed by atoms with Gasteiger partial charge in [-0.15, -0.1) is 0 Å². The van der Waals surface area contributed by atoms with Crippen LogP contribution in [0, 0.1) is 5.41 Å². The topological polar surface area (TPSA) is 29.5 Å². The van der Waals surface area contributed by atoms with Gasteiger partial charge in [0.05, 0.1) is 6.61 Å². The third-order valence-electron chi connectivity index (χ3n) is 1.98. The molecule has 0 rings (SSSR count). The monoisotopic (exact) mass is 202 g/mol. The largest absolute Gasteiger partial charge is 0.396 e. The molecule has 0 spiro atoms. The van der Waals surface area contributed by atoms with Crippen LogP contribution in [0.3, 0.4) is 0 Å². The van der Waals surface area contributed by atoms with E-state index in [0.29, 0.717) is 6.61 Å². The predicted octanol–water partition coefficient (Wildman–Crippen LogP) is 2.99. The van der Waals surface area contributed by atoms with Crippen LogP contribution >= 0.6 is 0 Å². The summed E-state index contributed by atoms with van der Waals surface area (Å²) < 4.78 is 5.56. The molecule has 0 aromatic heterocycles. The molecule has 14 heavy (non-hydrogen) atoms. The van der Waals surface area contributed by atoms with Crippen LogP contribution in [0.2, 0.25) is 0 Å². The first kappa shape index (κ1) is 13.9. The van der Waals surface area contributed by atoms with Crippen LogP contribution in [0.25, 0.3) is 0 Å². The number of aliphatic hydroxyl groups excluding tert-OH is 1. The van der Waals surface area contributed by atoms with Gasteiger partial charge in [0.2, 0.25) is 0 Å². The summed E-state index contributed by atoms with van der Waals surface area (Å²) in [6.45, 7) is 8.64. The first-order chi connectivity index (χ1) is 6.56. The van der Waals surface area contributed by atoms with Gasteiger partial charge in [0.25, 0.3) is 0 Å². The van der Waals surface area contributed by atoms with Gasteiger partial charge >= 0.3 is 0 Å². The number of aliphatic hydroxyl groups is 1. The van der Waals surface area contributed by atoms with E-state index >= 15 is 0 Å². The van der Waals surface area contributed by atoms with Crippen LogP contribution in [0.4, 0.5) is 0 Å². The van der Waals surface area contributed by atoms with Crippen molar-refractivity contribution < 1.29 is 9.84 Å². The van der Waals surface area contributed by atoms with Gasteiger partial charge in [-0.05, 0) is 18.3 Å². The Morgan fingerprint density at radius 2 is 1.50 bits per heavy atom. The summed E-state index contributed by atoms with van der Waals surface area (Å²) in [5.74, 6) is 0. The predicted molar refractivity (Wildman–Crippen MR) is 60.4 cm³/mol. The Balaban J connectivity index is 2.99. The van der Waals surface area contributed by atoms with Crippen molar-refractivity contribution >= 4 is 0 Å². The van der Waals surface area contributed by atoms with Crippen molar-refractivity contribution in [3.05, 3.63) is 0 Å². The van der Waals surface area contributed by atoms with Gasteiger partial charge in [-0.2, -0.15) is 0 Å². The molecule has 0 fully saturated rings. The van der Waals surface area contributed by atoms with Gasteiger partial charge < -0.3 is 9.84 Å². The zero-order valence-corrected chi connectivity index (χ0v) is 10.0. The normalized spacial score (nSPS) is 12.0. The average Bonchev–Trinajstić information content (AvgIpc) is 2.08. The maximum absolute atomic E-state index is 8.57. The summed E-state index contributed by atoms with van der Waals surface area (Å²) in [6.07, 6.45) is 5.70. The van der Waals surface area contributed by atoms with Gasteiger partial charge in [-0.25, -0.2) is 0 Å². The molecule has 0 saturated heterocycles. The summed E-state index contributed by atoms with van der Waals surface area (Å²) in [6, 6.07) is 0. The lowest BCUT2D eigenvalue weighted by Gasteiger charge is -2.17. The molecular weight excluding hydrogens is 176 g/mol. The Labute approximate surface area is 88.7 Å². The van der Waals surface area contributed by atoms with Gasteiger partial charge in [0.1, 0.15) is 0 Å². The van der Waals surface area contributed by atoms with Gasteiger partial charge in [0.15, 0.2) is 0 Å². The molecule has 0 bridgehead atoms. The fourth-order valence-electron chi connectivity index (χ4n) is 1.22. The third-order valence-corrected chi connectivity index (χ3v) is 1.98. The van der Waals surface area contributed by atoms with Crippen molar-refractivity contribution in [2.45, 2.75) is 52.9 Å². The van der Waals surface area contributed by atoms with Gasteiger partial charge in [-0.1, -0.05) is 40.0 Å². The molecule has 0 aliphatic carbocycles. The molecule has 0 radical (unpaired) electrons. The van der Waals surface area contributed by atoms with Crippen molar-refractivity contribution in [1.29, 1.82) is 0 Å². The minimum absolute atomic E-state index is 0.289. The van der Waals surface area contributed by atoms with E-state index in [9.17, 15) is 0 Å². The zero-order valence-electron chi connectivity index (χ0n) is 10.0. The third kappa shape index (κ3) is 11.9. The maximum Gasteiger partial charge on any atom is 0.0514 e. The van der Waals surface area contributed by atoms with Crippen LogP contribution < -0.4 is 0 Å². The first-order valence-electron chi connectivity index (χ1n) is 5.75. The second kappa shape index (κ2) is 8.25. The van der Waals surface area contributed by atoms with Crippen LogP contribution in [0.1, 0.15) is 52.9 Å². The highest BCUT2D eigenvalue weighted by molar-refractivity contribution is 4.58. The number of unbranched alkanes of at least 4 members (excludes halogenated alkanes) is 4. The van der Waals surface area contributed by atoms with E-state index in [0.717, 1.165) is 32.5 Å². The molecule has 0 saturated carbocycles. The van der Waals surface area contributed by atoms with E-state index in [1.807, 2.05) is 0 Å². The quantitative estimate of drug-likeness (QED) is 0.613. The Kier molecular flexibility index (Phi) is 8.20. The van der Waals surface area contributed by atoms with E-state index in [1.165, 1.54) is 12.8 Å². The number of ether oxygens (including phenoxy) is 1. The number of rotatable bonds is 8. The first-order valence-corrected chi connectivity index (χ1v) is 5.75. The van der Waals surface area contributed by atoms with Gasteiger partial charge in [0, 0.05) is 13.2 Å². The lowest BCUT2D eigenvalue weighted by Crippen LogP contribution is -2.14. The molecule has 0 atom stereocenters. The molecule has 86 valence electrons. The molecule has 0 heterocycles. The lowest BCUT2D eigenvalue weighted by atomic mass is 9.99. The smallest absolute Gasteiger partial charge is 0.0514 e. The Hall–Kier alpha value is -0.0800.